The first kappa shape index (κ1) is 23.3. The maximum absolute atomic E-state index is 12.5. The minimum absolute atomic E-state index is 0.0409. The molecule has 1 aromatic carbocycles. The highest BCUT2D eigenvalue weighted by Gasteiger charge is 2.23. The van der Waals surface area contributed by atoms with Gasteiger partial charge in [-0.25, -0.2) is 9.59 Å². The van der Waals surface area contributed by atoms with Crippen molar-refractivity contribution in [2.75, 3.05) is 0 Å². The van der Waals surface area contributed by atoms with Gasteiger partial charge in [-0.2, -0.15) is 0 Å². The fraction of sp³-hybridized carbons (Fsp3) is 0.550. The molecule has 0 fully saturated rings. The first-order valence-corrected chi connectivity index (χ1v) is 9.37. The standard InChI is InChI=1S/C20H32N4O4/c1-13(2)21-18(26)24-16(12-15-10-8-7-9-11-15)23-17(25)14(3)22-19(27)28-20(4,5)6/h7-11,13-14,16H,12H2,1-6H3,(H,22,27)(H,23,25)(H2,21,24,26)/t14-,16-/m0/s1. The number of alkyl carbamates (subject to hydrolysis) is 1. The predicted octanol–water partition coefficient (Wildman–Crippen LogP) is 2.29. The minimum atomic E-state index is -0.830. The second-order valence-electron chi connectivity index (χ2n) is 7.89. The molecule has 28 heavy (non-hydrogen) atoms. The number of hydrogen-bond donors (Lipinski definition) is 4. The lowest BCUT2D eigenvalue weighted by Crippen LogP contribution is -2.57. The normalized spacial score (nSPS) is 13.2. The van der Waals surface area contributed by atoms with E-state index in [1.807, 2.05) is 44.2 Å². The Balaban J connectivity index is 2.73. The first-order valence-electron chi connectivity index (χ1n) is 9.37. The molecule has 0 saturated heterocycles. The number of ether oxygens (including phenoxy) is 1. The van der Waals surface area contributed by atoms with Gasteiger partial charge in [0, 0.05) is 12.5 Å². The van der Waals surface area contributed by atoms with Crippen LogP contribution in [0.15, 0.2) is 30.3 Å². The summed E-state index contributed by atoms with van der Waals surface area (Å²) in [4.78, 5) is 36.4. The molecular weight excluding hydrogens is 360 g/mol. The van der Waals surface area contributed by atoms with E-state index >= 15 is 0 Å². The summed E-state index contributed by atoms with van der Waals surface area (Å²) in [5.74, 6) is -0.434. The number of benzene rings is 1. The Morgan fingerprint density at radius 3 is 2.07 bits per heavy atom. The van der Waals surface area contributed by atoms with Crippen LogP contribution in [0.25, 0.3) is 0 Å². The van der Waals surface area contributed by atoms with E-state index in [-0.39, 0.29) is 12.1 Å². The number of rotatable bonds is 7. The molecule has 156 valence electrons. The van der Waals surface area contributed by atoms with E-state index in [0.717, 1.165) is 5.56 Å². The van der Waals surface area contributed by atoms with Gasteiger partial charge in [0.2, 0.25) is 5.91 Å². The fourth-order valence-electron chi connectivity index (χ4n) is 2.30. The molecule has 0 aromatic heterocycles. The van der Waals surface area contributed by atoms with Crippen LogP contribution in [-0.4, -0.2) is 41.9 Å². The molecule has 8 nitrogen and oxygen atoms in total. The van der Waals surface area contributed by atoms with Crippen LogP contribution in [0.3, 0.4) is 0 Å². The molecule has 0 aliphatic rings. The molecule has 0 bridgehead atoms. The van der Waals surface area contributed by atoms with E-state index in [0.29, 0.717) is 6.42 Å². The van der Waals surface area contributed by atoms with E-state index in [9.17, 15) is 14.4 Å². The molecule has 0 unspecified atom stereocenters. The van der Waals surface area contributed by atoms with Crippen molar-refractivity contribution in [2.45, 2.75) is 71.8 Å². The van der Waals surface area contributed by atoms with Crippen molar-refractivity contribution in [3.8, 4) is 0 Å². The third-order valence-corrected chi connectivity index (χ3v) is 3.45. The quantitative estimate of drug-likeness (QED) is 0.534. The summed E-state index contributed by atoms with van der Waals surface area (Å²) < 4.78 is 5.16. The van der Waals surface area contributed by atoms with Gasteiger partial charge in [-0.15, -0.1) is 0 Å². The van der Waals surface area contributed by atoms with Crippen molar-refractivity contribution in [3.63, 3.8) is 0 Å². The van der Waals surface area contributed by atoms with Gasteiger partial charge in [-0.3, -0.25) is 4.79 Å². The van der Waals surface area contributed by atoms with Crippen LogP contribution in [0.2, 0.25) is 0 Å². The smallest absolute Gasteiger partial charge is 0.408 e. The van der Waals surface area contributed by atoms with E-state index in [4.69, 9.17) is 4.74 Å². The van der Waals surface area contributed by atoms with Crippen molar-refractivity contribution >= 4 is 18.0 Å². The maximum Gasteiger partial charge on any atom is 0.408 e. The summed E-state index contributed by atoms with van der Waals surface area (Å²) >= 11 is 0. The van der Waals surface area contributed by atoms with E-state index < -0.39 is 29.8 Å². The number of urea groups is 1. The fourth-order valence-corrected chi connectivity index (χ4v) is 2.30. The summed E-state index contributed by atoms with van der Waals surface area (Å²) in [5, 5.41) is 10.7. The lowest BCUT2D eigenvalue weighted by atomic mass is 10.1. The van der Waals surface area contributed by atoms with Gasteiger partial charge < -0.3 is 26.0 Å². The number of nitrogens with one attached hydrogen (secondary N) is 4. The Morgan fingerprint density at radius 2 is 1.54 bits per heavy atom. The molecule has 0 aliphatic carbocycles. The van der Waals surface area contributed by atoms with Crippen LogP contribution >= 0.6 is 0 Å². The second kappa shape index (κ2) is 10.5. The van der Waals surface area contributed by atoms with Crippen LogP contribution < -0.4 is 21.3 Å². The summed E-state index contributed by atoms with van der Waals surface area (Å²) in [7, 11) is 0. The van der Waals surface area contributed by atoms with Crippen molar-refractivity contribution in [3.05, 3.63) is 35.9 Å². The van der Waals surface area contributed by atoms with Gasteiger partial charge in [0.15, 0.2) is 0 Å². The number of carbonyl (C=O) groups excluding carboxylic acids is 3. The maximum atomic E-state index is 12.5. The Kier molecular flexibility index (Phi) is 8.76. The molecule has 0 spiro atoms. The average Bonchev–Trinajstić information content (AvgIpc) is 2.52. The largest absolute Gasteiger partial charge is 0.444 e. The van der Waals surface area contributed by atoms with E-state index in [1.54, 1.807) is 27.7 Å². The highest BCUT2D eigenvalue weighted by molar-refractivity contribution is 5.86. The predicted molar refractivity (Wildman–Crippen MR) is 108 cm³/mol. The lowest BCUT2D eigenvalue weighted by molar-refractivity contribution is -0.123. The monoisotopic (exact) mass is 392 g/mol. The molecule has 0 saturated carbocycles. The summed E-state index contributed by atoms with van der Waals surface area (Å²) in [6.45, 7) is 10.5. The van der Waals surface area contributed by atoms with Crippen molar-refractivity contribution < 1.29 is 19.1 Å². The molecule has 0 aliphatic heterocycles. The second-order valence-corrected chi connectivity index (χ2v) is 7.89. The van der Waals surface area contributed by atoms with Gasteiger partial charge in [-0.05, 0) is 47.1 Å². The van der Waals surface area contributed by atoms with Gasteiger partial charge >= 0.3 is 12.1 Å². The third kappa shape index (κ3) is 9.80. The molecule has 1 rings (SSSR count). The van der Waals surface area contributed by atoms with Crippen molar-refractivity contribution in [2.24, 2.45) is 0 Å². The molecule has 2 atom stereocenters. The van der Waals surface area contributed by atoms with E-state index in [1.165, 1.54) is 0 Å². The van der Waals surface area contributed by atoms with Crippen molar-refractivity contribution in [1.82, 2.24) is 21.3 Å². The number of amides is 4. The third-order valence-electron chi connectivity index (χ3n) is 3.45. The van der Waals surface area contributed by atoms with Crippen LogP contribution in [0.5, 0.6) is 0 Å². The minimum Gasteiger partial charge on any atom is -0.444 e. The molecule has 8 heteroatoms. The van der Waals surface area contributed by atoms with Gasteiger partial charge in [0.25, 0.3) is 0 Å². The number of carbonyl (C=O) groups is 3. The lowest BCUT2D eigenvalue weighted by Gasteiger charge is -2.25. The topological polar surface area (TPSA) is 109 Å². The molecule has 0 radical (unpaired) electrons. The van der Waals surface area contributed by atoms with Crippen molar-refractivity contribution in [1.29, 1.82) is 0 Å². The summed E-state index contributed by atoms with van der Waals surface area (Å²) in [6, 6.07) is 8.22. The van der Waals surface area contributed by atoms with Gasteiger partial charge in [-0.1, -0.05) is 30.3 Å². The van der Waals surface area contributed by atoms with Crippen LogP contribution in [0.1, 0.15) is 47.1 Å². The van der Waals surface area contributed by atoms with Crippen LogP contribution in [0, 0.1) is 0 Å². The van der Waals surface area contributed by atoms with Crippen LogP contribution in [-0.2, 0) is 16.0 Å². The zero-order valence-electron chi connectivity index (χ0n) is 17.5. The molecular formula is C20H32N4O4. The molecule has 4 N–H and O–H groups in total. The number of hydrogen-bond acceptors (Lipinski definition) is 4. The molecule has 0 heterocycles. The zero-order chi connectivity index (χ0) is 21.3. The summed E-state index contributed by atoms with van der Waals surface area (Å²) in [6.07, 6.45) is -0.922. The summed E-state index contributed by atoms with van der Waals surface area (Å²) in [5.41, 5.74) is 0.289. The Morgan fingerprint density at radius 1 is 0.929 bits per heavy atom. The van der Waals surface area contributed by atoms with Gasteiger partial charge in [0.1, 0.15) is 17.8 Å². The van der Waals surface area contributed by atoms with E-state index in [2.05, 4.69) is 21.3 Å². The SMILES string of the molecule is CC(C)NC(=O)N[C@@H](Cc1ccccc1)NC(=O)[C@H](C)NC(=O)OC(C)(C)C. The highest BCUT2D eigenvalue weighted by atomic mass is 16.6. The van der Waals surface area contributed by atoms with Gasteiger partial charge in [0.05, 0.1) is 0 Å². The Bertz CT molecular complexity index is 656. The highest BCUT2D eigenvalue weighted by Crippen LogP contribution is 2.07. The first-order chi connectivity index (χ1) is 13.0. The van der Waals surface area contributed by atoms with Crippen LogP contribution in [0.4, 0.5) is 9.59 Å². The zero-order valence-corrected chi connectivity index (χ0v) is 17.5. The Labute approximate surface area is 166 Å². The average molecular weight is 393 g/mol. The molecule has 4 amide bonds. The molecule has 1 aromatic rings. The Hall–Kier alpha value is -2.77.